The average molecular weight is 233 g/mol. The number of hydrogen-bond donors (Lipinski definition) is 0. The van der Waals surface area contributed by atoms with Gasteiger partial charge in [0.2, 0.25) is 0 Å². The lowest BCUT2D eigenvalue weighted by atomic mass is 10.3. The minimum absolute atomic E-state index is 0.225. The molecule has 0 amide bonds. The minimum atomic E-state index is -0.225. The fourth-order valence-corrected chi connectivity index (χ4v) is 2.21. The molecule has 1 aromatic heterocycles. The summed E-state index contributed by atoms with van der Waals surface area (Å²) in [5, 5.41) is 0. The Morgan fingerprint density at radius 2 is 2.12 bits per heavy atom. The molecule has 0 aliphatic heterocycles. The lowest BCUT2D eigenvalue weighted by Crippen LogP contribution is -2.40. The number of aryl methyl sites for hydroxylation is 1. The third-order valence-corrected chi connectivity index (χ3v) is 3.08. The van der Waals surface area contributed by atoms with Crippen molar-refractivity contribution in [3.8, 4) is 0 Å². The van der Waals surface area contributed by atoms with E-state index in [9.17, 15) is 4.79 Å². The molecule has 1 aromatic carbocycles. The molecule has 0 spiro atoms. The first kappa shape index (κ1) is 11.6. The van der Waals surface area contributed by atoms with Crippen LogP contribution in [-0.4, -0.2) is 17.6 Å². The second-order valence-electron chi connectivity index (χ2n) is 3.94. The number of aromatic nitrogens is 2. The summed E-state index contributed by atoms with van der Waals surface area (Å²) in [7, 11) is 1.41. The highest BCUT2D eigenvalue weighted by atomic mass is 16.5. The van der Waals surface area contributed by atoms with Gasteiger partial charge in [-0.05, 0) is 19.1 Å². The molecule has 2 aromatic rings. The zero-order chi connectivity index (χ0) is 12.4. The Morgan fingerprint density at radius 3 is 2.76 bits per heavy atom. The van der Waals surface area contributed by atoms with Gasteiger partial charge in [-0.2, -0.15) is 0 Å². The maximum atomic E-state index is 11.4. The van der Waals surface area contributed by atoms with Crippen LogP contribution in [0, 0.1) is 6.92 Å². The lowest BCUT2D eigenvalue weighted by molar-refractivity contribution is -0.667. The Labute approximate surface area is 100 Å². The average Bonchev–Trinajstić information content (AvgIpc) is 2.62. The molecule has 0 unspecified atom stereocenters. The molecule has 17 heavy (non-hydrogen) atoms. The van der Waals surface area contributed by atoms with E-state index >= 15 is 0 Å². The monoisotopic (exact) mass is 233 g/mol. The van der Waals surface area contributed by atoms with Gasteiger partial charge in [-0.1, -0.05) is 12.1 Å². The maximum absolute atomic E-state index is 11.4. The van der Waals surface area contributed by atoms with E-state index in [0.717, 1.165) is 23.4 Å². The van der Waals surface area contributed by atoms with Crippen LogP contribution in [-0.2, 0) is 22.6 Å². The van der Waals surface area contributed by atoms with Crippen molar-refractivity contribution in [2.24, 2.45) is 0 Å². The van der Waals surface area contributed by atoms with E-state index in [1.807, 2.05) is 29.7 Å². The molecular formula is C13H17N2O2+. The number of para-hydroxylation sites is 2. The van der Waals surface area contributed by atoms with Gasteiger partial charge in [0, 0.05) is 6.92 Å². The molecule has 0 radical (unpaired) electrons. The zero-order valence-electron chi connectivity index (χ0n) is 10.4. The van der Waals surface area contributed by atoms with Crippen molar-refractivity contribution in [1.82, 2.24) is 4.57 Å². The predicted octanol–water partition coefficient (Wildman–Crippen LogP) is 1.43. The van der Waals surface area contributed by atoms with Gasteiger partial charge in [-0.3, -0.25) is 0 Å². The lowest BCUT2D eigenvalue weighted by Gasteiger charge is -1.98. The van der Waals surface area contributed by atoms with Crippen LogP contribution in [0.25, 0.3) is 11.0 Å². The van der Waals surface area contributed by atoms with E-state index in [2.05, 4.69) is 17.6 Å². The Kier molecular flexibility index (Phi) is 3.13. The number of esters is 1. The van der Waals surface area contributed by atoms with Crippen LogP contribution in [0.2, 0.25) is 0 Å². The van der Waals surface area contributed by atoms with Gasteiger partial charge in [0.1, 0.15) is 0 Å². The summed E-state index contributed by atoms with van der Waals surface area (Å²) in [4.78, 5) is 11.4. The standard InChI is InChI=1S/C13H17N2O2/c1-4-14-10(2)15(9-13(16)17-3)12-8-6-5-7-11(12)14/h5-8H,4,9H2,1-3H3/q+1. The summed E-state index contributed by atoms with van der Waals surface area (Å²) in [5.74, 6) is 0.844. The summed E-state index contributed by atoms with van der Waals surface area (Å²) >= 11 is 0. The van der Waals surface area contributed by atoms with E-state index in [4.69, 9.17) is 4.74 Å². The van der Waals surface area contributed by atoms with Gasteiger partial charge in [0.25, 0.3) is 5.82 Å². The Hall–Kier alpha value is -1.84. The summed E-state index contributed by atoms with van der Waals surface area (Å²) < 4.78 is 8.92. The SMILES string of the molecule is CCn1c(C)[n+](CC(=O)OC)c2ccccc21. The number of carbonyl (C=O) groups is 1. The molecule has 90 valence electrons. The second kappa shape index (κ2) is 4.57. The number of rotatable bonds is 3. The number of ether oxygens (including phenoxy) is 1. The van der Waals surface area contributed by atoms with E-state index in [-0.39, 0.29) is 12.5 Å². The summed E-state index contributed by atoms with van der Waals surface area (Å²) in [6.45, 7) is 5.27. The van der Waals surface area contributed by atoms with Gasteiger partial charge >= 0.3 is 5.97 Å². The summed E-state index contributed by atoms with van der Waals surface area (Å²) in [6.07, 6.45) is 0. The van der Waals surface area contributed by atoms with Crippen molar-refractivity contribution in [1.29, 1.82) is 0 Å². The molecule has 4 heteroatoms. The third kappa shape index (κ3) is 1.90. The van der Waals surface area contributed by atoms with E-state index in [1.54, 1.807) is 0 Å². The van der Waals surface area contributed by atoms with E-state index < -0.39 is 0 Å². The molecule has 0 saturated heterocycles. The van der Waals surface area contributed by atoms with Crippen LogP contribution in [0.3, 0.4) is 0 Å². The quantitative estimate of drug-likeness (QED) is 0.594. The first-order valence-corrected chi connectivity index (χ1v) is 5.73. The van der Waals surface area contributed by atoms with Gasteiger partial charge in [-0.15, -0.1) is 0 Å². The van der Waals surface area contributed by atoms with Crippen molar-refractivity contribution in [3.05, 3.63) is 30.1 Å². The molecule has 0 bridgehead atoms. The van der Waals surface area contributed by atoms with Crippen LogP contribution in [0.5, 0.6) is 0 Å². The number of benzene rings is 1. The highest BCUT2D eigenvalue weighted by Crippen LogP contribution is 2.13. The molecule has 1 heterocycles. The van der Waals surface area contributed by atoms with Crippen molar-refractivity contribution >= 4 is 17.0 Å². The molecule has 0 atom stereocenters. The Balaban J connectivity index is 2.61. The van der Waals surface area contributed by atoms with Gasteiger partial charge in [-0.25, -0.2) is 13.9 Å². The minimum Gasteiger partial charge on any atom is -0.466 e. The molecule has 0 saturated carbocycles. The van der Waals surface area contributed by atoms with Crippen LogP contribution in [0.15, 0.2) is 24.3 Å². The maximum Gasteiger partial charge on any atom is 0.348 e. The molecule has 0 fully saturated rings. The van der Waals surface area contributed by atoms with Crippen LogP contribution < -0.4 is 4.57 Å². The number of nitrogens with zero attached hydrogens (tertiary/aromatic N) is 2. The molecule has 4 nitrogen and oxygen atoms in total. The topological polar surface area (TPSA) is 35.1 Å². The van der Waals surface area contributed by atoms with E-state index in [1.165, 1.54) is 7.11 Å². The van der Waals surface area contributed by atoms with Gasteiger partial charge in [0.05, 0.1) is 13.7 Å². The van der Waals surface area contributed by atoms with Crippen LogP contribution in [0.4, 0.5) is 0 Å². The van der Waals surface area contributed by atoms with Crippen molar-refractivity contribution in [2.45, 2.75) is 26.9 Å². The molecule has 0 aliphatic rings. The van der Waals surface area contributed by atoms with Crippen molar-refractivity contribution < 1.29 is 14.1 Å². The van der Waals surface area contributed by atoms with E-state index in [0.29, 0.717) is 0 Å². The van der Waals surface area contributed by atoms with Crippen LogP contribution >= 0.6 is 0 Å². The van der Waals surface area contributed by atoms with Crippen molar-refractivity contribution in [2.75, 3.05) is 7.11 Å². The van der Waals surface area contributed by atoms with Crippen molar-refractivity contribution in [3.63, 3.8) is 0 Å². The largest absolute Gasteiger partial charge is 0.466 e. The summed E-state index contributed by atoms with van der Waals surface area (Å²) in [6, 6.07) is 8.09. The molecule has 0 N–H and O–H groups in total. The highest BCUT2D eigenvalue weighted by molar-refractivity contribution is 5.73. The smallest absolute Gasteiger partial charge is 0.348 e. The number of methoxy groups -OCH3 is 1. The Bertz CT molecular complexity index is 558. The number of hydrogen-bond acceptors (Lipinski definition) is 2. The predicted molar refractivity (Wildman–Crippen MR) is 64.6 cm³/mol. The molecular weight excluding hydrogens is 216 g/mol. The number of imidazole rings is 1. The third-order valence-electron chi connectivity index (χ3n) is 3.08. The fraction of sp³-hybridized carbons (Fsp3) is 0.385. The second-order valence-corrected chi connectivity index (χ2v) is 3.94. The normalized spacial score (nSPS) is 10.8. The zero-order valence-corrected chi connectivity index (χ0v) is 10.4. The molecule has 0 aliphatic carbocycles. The fourth-order valence-electron chi connectivity index (χ4n) is 2.21. The first-order chi connectivity index (χ1) is 8.19. The van der Waals surface area contributed by atoms with Gasteiger partial charge < -0.3 is 4.74 Å². The Morgan fingerprint density at radius 1 is 1.41 bits per heavy atom. The van der Waals surface area contributed by atoms with Gasteiger partial charge in [0.15, 0.2) is 17.6 Å². The number of carbonyl (C=O) groups excluding carboxylic acids is 1. The molecule has 2 rings (SSSR count). The van der Waals surface area contributed by atoms with Crippen LogP contribution in [0.1, 0.15) is 12.7 Å². The summed E-state index contributed by atoms with van der Waals surface area (Å²) in [5.41, 5.74) is 2.22. The first-order valence-electron chi connectivity index (χ1n) is 5.73. The highest BCUT2D eigenvalue weighted by Gasteiger charge is 2.21. The number of fused-ring (bicyclic) bond motifs is 1.